The Hall–Kier alpha value is -4.55. The minimum absolute atomic E-state index is 0.0173. The third kappa shape index (κ3) is 6.78. The van der Waals surface area contributed by atoms with Crippen molar-refractivity contribution in [2.24, 2.45) is 11.8 Å². The number of hydrogen-bond donors (Lipinski definition) is 2. The number of benzene rings is 2. The number of amides is 3. The van der Waals surface area contributed by atoms with Crippen molar-refractivity contribution in [1.82, 2.24) is 14.8 Å². The van der Waals surface area contributed by atoms with Crippen LogP contribution in [0.15, 0.2) is 54.6 Å². The lowest BCUT2D eigenvalue weighted by atomic mass is 9.78. The number of nitrogens with one attached hydrogen (secondary N) is 2. The number of ether oxygens (including phenoxy) is 2. The molecule has 268 valence electrons. The zero-order valence-corrected chi connectivity index (χ0v) is 28.4. The Morgan fingerprint density at radius 2 is 1.68 bits per heavy atom. The lowest BCUT2D eigenvalue weighted by molar-refractivity contribution is -0.141. The molecule has 2 aromatic carbocycles. The molecule has 0 bridgehead atoms. The van der Waals surface area contributed by atoms with E-state index in [1.165, 1.54) is 10.6 Å². The molecule has 1 saturated carbocycles. The zero-order chi connectivity index (χ0) is 35.8. The van der Waals surface area contributed by atoms with Gasteiger partial charge in [-0.15, -0.1) is 0 Å². The monoisotopic (exact) mass is 696 g/mol. The maximum atomic E-state index is 14.1. The number of alkyl carbamates (subject to hydrolysis) is 1. The lowest BCUT2D eigenvalue weighted by Gasteiger charge is -2.36. The molecule has 0 spiro atoms. The Kier molecular flexibility index (Phi) is 9.87. The molecular formula is C37H43F3N4O6. The summed E-state index contributed by atoms with van der Waals surface area (Å²) >= 11 is 0. The first-order chi connectivity index (χ1) is 23.9. The normalized spacial score (nSPS) is 23.6. The molecule has 3 heterocycles. The molecule has 2 N–H and O–H groups in total. The molecule has 13 heteroatoms. The first-order valence-electron chi connectivity index (χ1n) is 17.1. The van der Waals surface area contributed by atoms with Crippen LogP contribution in [0.4, 0.5) is 23.7 Å². The maximum absolute atomic E-state index is 14.1. The largest absolute Gasteiger partial charge is 0.444 e. The second-order valence-corrected chi connectivity index (χ2v) is 14.5. The van der Waals surface area contributed by atoms with Gasteiger partial charge in [-0.2, -0.15) is 0 Å². The van der Waals surface area contributed by atoms with Crippen molar-refractivity contribution in [1.29, 1.82) is 0 Å². The summed E-state index contributed by atoms with van der Waals surface area (Å²) in [4.78, 5) is 54.6. The maximum Gasteiger partial charge on any atom is 0.407 e. The van der Waals surface area contributed by atoms with Crippen LogP contribution >= 0.6 is 0 Å². The van der Waals surface area contributed by atoms with Gasteiger partial charge in [-0.05, 0) is 88.6 Å². The van der Waals surface area contributed by atoms with Gasteiger partial charge in [0.05, 0.1) is 11.6 Å². The Bertz CT molecular complexity index is 1750. The van der Waals surface area contributed by atoms with E-state index in [0.29, 0.717) is 55.2 Å². The molecule has 2 aliphatic heterocycles. The molecule has 1 saturated heterocycles. The number of nitrogens with zero attached hydrogens (tertiary/aromatic N) is 2. The van der Waals surface area contributed by atoms with E-state index in [-0.39, 0.29) is 35.3 Å². The number of carbonyl (C=O) groups is 4. The average molecular weight is 697 g/mol. The molecule has 10 nitrogen and oxygen atoms in total. The highest BCUT2D eigenvalue weighted by molar-refractivity contribution is 6.02. The summed E-state index contributed by atoms with van der Waals surface area (Å²) in [6, 6.07) is 14.3. The number of rotatable bonds is 9. The molecule has 0 unspecified atom stereocenters. The first kappa shape index (κ1) is 35.3. The highest BCUT2D eigenvalue weighted by Gasteiger charge is 2.48. The van der Waals surface area contributed by atoms with Crippen molar-refractivity contribution in [2.75, 3.05) is 31.9 Å². The minimum atomic E-state index is -2.06. The van der Waals surface area contributed by atoms with Gasteiger partial charge in [-0.1, -0.05) is 30.3 Å². The smallest absolute Gasteiger partial charge is 0.407 e. The number of halogens is 3. The van der Waals surface area contributed by atoms with E-state index < -0.39 is 55.5 Å². The Morgan fingerprint density at radius 3 is 2.32 bits per heavy atom. The summed E-state index contributed by atoms with van der Waals surface area (Å²) in [5.74, 6) is -2.13. The van der Waals surface area contributed by atoms with Crippen LogP contribution in [0.5, 0.6) is 0 Å². The van der Waals surface area contributed by atoms with E-state index in [4.69, 9.17) is 9.47 Å². The van der Waals surface area contributed by atoms with Crippen LogP contribution in [0.3, 0.4) is 0 Å². The van der Waals surface area contributed by atoms with Gasteiger partial charge in [0, 0.05) is 29.5 Å². The van der Waals surface area contributed by atoms with Crippen molar-refractivity contribution < 1.29 is 41.8 Å². The molecule has 3 aliphatic rings. The highest BCUT2D eigenvalue weighted by Crippen LogP contribution is 2.40. The van der Waals surface area contributed by atoms with Gasteiger partial charge in [-0.25, -0.2) is 22.8 Å². The number of esters is 1. The number of fused-ring (bicyclic) bond motifs is 3. The topological polar surface area (TPSA) is 119 Å². The number of anilines is 1. The lowest BCUT2D eigenvalue weighted by Crippen LogP contribution is -2.49. The van der Waals surface area contributed by atoms with E-state index in [9.17, 15) is 32.3 Å². The highest BCUT2D eigenvalue weighted by atomic mass is 19.1. The fourth-order valence-electron chi connectivity index (χ4n) is 7.74. The quantitative estimate of drug-likeness (QED) is 0.250. The van der Waals surface area contributed by atoms with Crippen molar-refractivity contribution in [3.8, 4) is 0 Å². The Labute approximate surface area is 288 Å². The molecule has 3 atom stereocenters. The number of cyclic esters (lactones) is 1. The van der Waals surface area contributed by atoms with Gasteiger partial charge < -0.3 is 25.0 Å². The van der Waals surface area contributed by atoms with E-state index in [0.717, 1.165) is 5.56 Å². The van der Waals surface area contributed by atoms with Crippen LogP contribution in [0.25, 0.3) is 10.9 Å². The summed E-state index contributed by atoms with van der Waals surface area (Å²) in [7, 11) is 0. The molecule has 2 fully saturated rings. The predicted molar refractivity (Wildman–Crippen MR) is 180 cm³/mol. The summed E-state index contributed by atoms with van der Waals surface area (Å²) in [6.45, 7) is 2.37. The Morgan fingerprint density at radius 1 is 0.980 bits per heavy atom. The van der Waals surface area contributed by atoms with E-state index in [1.807, 2.05) is 30.3 Å². The van der Waals surface area contributed by atoms with E-state index in [1.54, 1.807) is 43.9 Å². The number of hydrogen-bond acceptors (Lipinski definition) is 6. The summed E-state index contributed by atoms with van der Waals surface area (Å²) < 4.78 is 53.5. The summed E-state index contributed by atoms with van der Waals surface area (Å²) in [5, 5.41) is 6.10. The molecule has 3 amide bonds. The van der Waals surface area contributed by atoms with Gasteiger partial charge in [0.25, 0.3) is 0 Å². The average Bonchev–Trinajstić information content (AvgIpc) is 3.79. The zero-order valence-electron chi connectivity index (χ0n) is 28.4. The van der Waals surface area contributed by atoms with Crippen molar-refractivity contribution in [3.05, 3.63) is 65.9 Å². The van der Waals surface area contributed by atoms with Gasteiger partial charge in [0.2, 0.25) is 17.5 Å². The fraction of sp³-hybridized carbons (Fsp3) is 0.514. The minimum Gasteiger partial charge on any atom is -0.444 e. The number of alkyl halides is 3. The molecular weight excluding hydrogens is 653 g/mol. The molecule has 0 radical (unpaired) electrons. The summed E-state index contributed by atoms with van der Waals surface area (Å²) in [5.41, 5.74) is -1.05. The standard InChI is InChI=1S/C37H43F3N4O6/c1-36(2,3)50-35(48)42-28(19-38)23-9-11-24(12-10-23)33(46)43-16-15-27(22-7-5-4-6-8-22)31(43)32(45)41-26-13-14-29-25(17-26)18-30-34(47)49-37(20-39,21-40)44(29)30/h4-8,13-14,17-18,23-24,27-28,31H,9-12,15-16,19-21H2,1-3H3,(H,41,45)(H,42,48)/t23?,24?,27-,28+,31-/m0/s1. The molecule has 1 aromatic heterocycles. The van der Waals surface area contributed by atoms with E-state index >= 15 is 0 Å². The fourth-order valence-corrected chi connectivity index (χ4v) is 7.74. The van der Waals surface area contributed by atoms with Gasteiger partial charge in [0.1, 0.15) is 24.0 Å². The second-order valence-electron chi connectivity index (χ2n) is 14.5. The number of aromatic nitrogens is 1. The van der Waals surface area contributed by atoms with Crippen molar-refractivity contribution in [3.63, 3.8) is 0 Å². The molecule has 6 rings (SSSR count). The number of likely N-dealkylation sites (tertiary alicyclic amines) is 1. The van der Waals surface area contributed by atoms with Crippen LogP contribution < -0.4 is 10.6 Å². The number of carbonyl (C=O) groups excluding carboxylic acids is 4. The molecule has 3 aromatic rings. The Balaban J connectivity index is 1.18. The van der Waals surface area contributed by atoms with Crippen LogP contribution in [0.1, 0.15) is 74.8 Å². The molecule has 50 heavy (non-hydrogen) atoms. The van der Waals surface area contributed by atoms with E-state index in [2.05, 4.69) is 10.6 Å². The third-order valence-electron chi connectivity index (χ3n) is 10.1. The third-order valence-corrected chi connectivity index (χ3v) is 10.1. The van der Waals surface area contributed by atoms with Gasteiger partial charge in [-0.3, -0.25) is 14.2 Å². The van der Waals surface area contributed by atoms with Crippen molar-refractivity contribution >= 4 is 40.5 Å². The summed E-state index contributed by atoms with van der Waals surface area (Å²) in [6.07, 6.45) is 1.97. The SMILES string of the molecule is CC(C)(C)OC(=O)N[C@H](CF)C1CCC(C(=O)N2CC[C@@H](c3ccccc3)[C@H]2C(=O)Nc2ccc3c(c2)cc2n3C(CF)(CF)OC2=O)CC1. The molecule has 1 aliphatic carbocycles. The van der Waals surface area contributed by atoms with Crippen LogP contribution in [-0.2, 0) is 24.8 Å². The van der Waals surface area contributed by atoms with Crippen LogP contribution in [0, 0.1) is 11.8 Å². The second kappa shape index (κ2) is 14.0. The van der Waals surface area contributed by atoms with Gasteiger partial charge >= 0.3 is 12.1 Å². The van der Waals surface area contributed by atoms with Crippen molar-refractivity contribution in [2.45, 2.75) is 82.2 Å². The van der Waals surface area contributed by atoms with Gasteiger partial charge in [0.15, 0.2) is 13.3 Å². The van der Waals surface area contributed by atoms with Crippen LogP contribution in [0.2, 0.25) is 0 Å². The van der Waals surface area contributed by atoms with Crippen LogP contribution in [-0.4, -0.2) is 77.6 Å². The first-order valence-corrected chi connectivity index (χ1v) is 17.1. The predicted octanol–water partition coefficient (Wildman–Crippen LogP) is 6.40.